The molecule has 0 aromatic carbocycles. The van der Waals surface area contributed by atoms with Crippen LogP contribution in [0.4, 0.5) is 0 Å². The summed E-state index contributed by atoms with van der Waals surface area (Å²) in [5.74, 6) is -0.501. The lowest BCUT2D eigenvalue weighted by Crippen LogP contribution is -2.10. The maximum absolute atomic E-state index is 13.1. The summed E-state index contributed by atoms with van der Waals surface area (Å²) in [6.07, 6.45) is -0.437. The van der Waals surface area contributed by atoms with Gasteiger partial charge in [0, 0.05) is 34.5 Å². The molecular formula is C16H18N4O3S. The Morgan fingerprint density at radius 3 is 2.96 bits per heavy atom. The van der Waals surface area contributed by atoms with Crippen molar-refractivity contribution in [2.45, 2.75) is 24.7 Å². The van der Waals surface area contributed by atoms with Gasteiger partial charge in [-0.15, -0.1) is 0 Å². The highest BCUT2D eigenvalue weighted by molar-refractivity contribution is 7.90. The SMILES string of the molecule is [2H]c1nc(C([2H])([2H])[S+]([O-])c2nc3nc(OC([2H])([2H])[2H])ccc3[nH]2)c(C)c(OC([2H])([2H])[2H])c1C. The molecule has 24 heavy (non-hydrogen) atoms. The zero-order chi connectivity index (χ0) is 24.9. The van der Waals surface area contributed by atoms with E-state index in [1.807, 2.05) is 0 Å². The second kappa shape index (κ2) is 6.66. The van der Waals surface area contributed by atoms with Gasteiger partial charge in [0.05, 0.1) is 37.6 Å². The van der Waals surface area contributed by atoms with Gasteiger partial charge in [-0.3, -0.25) is 9.97 Å². The summed E-state index contributed by atoms with van der Waals surface area (Å²) in [6.45, 7) is 2.76. The van der Waals surface area contributed by atoms with Crippen molar-refractivity contribution < 1.29 is 26.4 Å². The van der Waals surface area contributed by atoms with Crippen molar-refractivity contribution in [3.8, 4) is 11.6 Å². The molecule has 0 spiro atoms. The summed E-state index contributed by atoms with van der Waals surface area (Å²) in [4.78, 5) is 14.4. The highest BCUT2D eigenvalue weighted by Gasteiger charge is 2.21. The number of pyridine rings is 2. The molecular weight excluding hydrogens is 328 g/mol. The molecule has 0 aliphatic heterocycles. The predicted octanol–water partition coefficient (Wildman–Crippen LogP) is 2.29. The normalized spacial score (nSPS) is 19.5. The topological polar surface area (TPSA) is 96.0 Å². The van der Waals surface area contributed by atoms with Crippen LogP contribution < -0.4 is 9.47 Å². The Bertz CT molecular complexity index is 1200. The minimum absolute atomic E-state index is 0.0272. The van der Waals surface area contributed by atoms with Crippen LogP contribution in [0.15, 0.2) is 23.5 Å². The fourth-order valence-electron chi connectivity index (χ4n) is 2.05. The number of nitrogens with zero attached hydrogens (tertiary/aromatic N) is 3. The Balaban J connectivity index is 2.03. The molecule has 1 atom stereocenters. The van der Waals surface area contributed by atoms with Crippen molar-refractivity contribution in [2.24, 2.45) is 0 Å². The molecule has 0 amide bonds. The Morgan fingerprint density at radius 1 is 1.33 bits per heavy atom. The zero-order valence-corrected chi connectivity index (χ0v) is 13.4. The Labute approximate surface area is 155 Å². The smallest absolute Gasteiger partial charge is 0.323 e. The van der Waals surface area contributed by atoms with Crippen molar-refractivity contribution in [3.05, 3.63) is 35.1 Å². The lowest BCUT2D eigenvalue weighted by atomic mass is 10.1. The number of methoxy groups -OCH3 is 2. The quantitative estimate of drug-likeness (QED) is 0.706. The van der Waals surface area contributed by atoms with E-state index < -0.39 is 42.8 Å². The van der Waals surface area contributed by atoms with Crippen molar-refractivity contribution in [2.75, 3.05) is 14.1 Å². The highest BCUT2D eigenvalue weighted by Crippen LogP contribution is 2.26. The van der Waals surface area contributed by atoms with Gasteiger partial charge < -0.3 is 14.0 Å². The Morgan fingerprint density at radius 2 is 2.17 bits per heavy atom. The predicted molar refractivity (Wildman–Crippen MR) is 90.8 cm³/mol. The van der Waals surface area contributed by atoms with E-state index in [4.69, 9.17) is 21.8 Å². The molecule has 1 unspecified atom stereocenters. The number of rotatable bonds is 5. The molecule has 0 bridgehead atoms. The number of nitrogens with one attached hydrogen (secondary N) is 1. The summed E-state index contributed by atoms with van der Waals surface area (Å²) in [7, 11) is -5.59. The third-order valence-corrected chi connectivity index (χ3v) is 4.17. The van der Waals surface area contributed by atoms with E-state index in [1.54, 1.807) is 0 Å². The van der Waals surface area contributed by atoms with Crippen molar-refractivity contribution in [3.63, 3.8) is 0 Å². The van der Waals surface area contributed by atoms with Crippen LogP contribution in [-0.4, -0.2) is 38.6 Å². The van der Waals surface area contributed by atoms with Gasteiger partial charge in [-0.05, 0) is 19.9 Å². The number of imidazole rings is 1. The van der Waals surface area contributed by atoms with Gasteiger partial charge in [-0.1, -0.05) is 0 Å². The zero-order valence-electron chi connectivity index (χ0n) is 21.6. The molecule has 126 valence electrons. The van der Waals surface area contributed by atoms with Gasteiger partial charge in [-0.2, -0.15) is 9.97 Å². The number of fused-ring (bicyclic) bond motifs is 1. The maximum atomic E-state index is 13.1. The fourth-order valence-corrected chi connectivity index (χ4v) is 2.89. The first-order valence-corrected chi connectivity index (χ1v) is 7.79. The molecule has 3 rings (SSSR count). The molecule has 3 aromatic rings. The standard InChI is InChI=1S/C16H18N4O3S/c1-9-7-17-12(10(2)14(9)23-4)8-24(21)16-18-11-5-6-13(22-3)19-15(11)20-16/h5-7H,8H2,1-4H3,(H,18,19,20)/i3D3,4D3,7D,8D2. The molecule has 0 saturated carbocycles. The summed E-state index contributed by atoms with van der Waals surface area (Å²) in [5, 5.41) is -0.333. The summed E-state index contributed by atoms with van der Waals surface area (Å²) in [6, 6.07) is 2.64. The summed E-state index contributed by atoms with van der Waals surface area (Å²) in [5.41, 5.74) is -2.92. The Hall–Kier alpha value is -2.32. The molecule has 8 heteroatoms. The molecule has 0 aliphatic carbocycles. The number of ether oxygens (including phenoxy) is 2. The first kappa shape index (κ1) is 8.68. The number of aromatic nitrogens is 4. The third-order valence-electron chi connectivity index (χ3n) is 3.24. The first-order valence-electron chi connectivity index (χ1n) is 11.1. The lowest BCUT2D eigenvalue weighted by molar-refractivity contribution is 0.399. The van der Waals surface area contributed by atoms with Crippen LogP contribution in [0.2, 0.25) is 0 Å². The highest BCUT2D eigenvalue weighted by atomic mass is 32.2. The van der Waals surface area contributed by atoms with Gasteiger partial charge in [0.2, 0.25) is 5.88 Å². The molecule has 3 aromatic heterocycles. The van der Waals surface area contributed by atoms with E-state index in [2.05, 4.69) is 19.9 Å². The van der Waals surface area contributed by atoms with Gasteiger partial charge in [0.15, 0.2) is 11.4 Å². The van der Waals surface area contributed by atoms with E-state index in [9.17, 15) is 4.55 Å². The van der Waals surface area contributed by atoms with Gasteiger partial charge >= 0.3 is 5.16 Å². The van der Waals surface area contributed by atoms with E-state index in [0.717, 1.165) is 0 Å². The largest absolute Gasteiger partial charge is 0.609 e. The van der Waals surface area contributed by atoms with E-state index >= 15 is 0 Å². The first-order chi connectivity index (χ1) is 15.0. The van der Waals surface area contributed by atoms with Crippen molar-refractivity contribution in [1.29, 1.82) is 0 Å². The van der Waals surface area contributed by atoms with Crippen LogP contribution in [0.25, 0.3) is 11.2 Å². The van der Waals surface area contributed by atoms with Crippen LogP contribution in [0.5, 0.6) is 11.6 Å². The molecule has 3 heterocycles. The van der Waals surface area contributed by atoms with Crippen LogP contribution >= 0.6 is 0 Å². The molecule has 0 aliphatic rings. The van der Waals surface area contributed by atoms with Crippen LogP contribution in [-0.2, 0) is 16.9 Å². The minimum Gasteiger partial charge on any atom is -0.609 e. The summed E-state index contributed by atoms with van der Waals surface area (Å²) >= 11 is -2.53. The van der Waals surface area contributed by atoms with E-state index in [1.165, 1.54) is 26.0 Å². The third kappa shape index (κ3) is 3.02. The summed E-state index contributed by atoms with van der Waals surface area (Å²) < 4.78 is 91.0. The van der Waals surface area contributed by atoms with Crippen LogP contribution in [0, 0.1) is 13.8 Å². The second-order valence-corrected chi connectivity index (χ2v) is 5.92. The van der Waals surface area contributed by atoms with E-state index in [-0.39, 0.29) is 39.1 Å². The molecule has 0 fully saturated rings. The minimum atomic E-state index is -2.86. The molecule has 0 radical (unpaired) electrons. The second-order valence-electron chi connectivity index (χ2n) is 4.79. The average Bonchev–Trinajstić information content (AvgIpc) is 3.08. The van der Waals surface area contributed by atoms with Gasteiger partial charge in [0.1, 0.15) is 5.75 Å². The average molecular weight is 355 g/mol. The number of H-pyrrole nitrogens is 1. The number of hydrogen-bond donors (Lipinski definition) is 1. The monoisotopic (exact) mass is 355 g/mol. The van der Waals surface area contributed by atoms with Crippen LogP contribution in [0.1, 0.15) is 29.2 Å². The van der Waals surface area contributed by atoms with E-state index in [0.29, 0.717) is 0 Å². The molecule has 0 saturated heterocycles. The van der Waals surface area contributed by atoms with Crippen molar-refractivity contribution >= 4 is 22.3 Å². The lowest BCUT2D eigenvalue weighted by Gasteiger charge is -2.13. The molecule has 1 N–H and O–H groups in total. The number of hydrogen-bond acceptors (Lipinski definition) is 6. The van der Waals surface area contributed by atoms with Crippen LogP contribution in [0.3, 0.4) is 0 Å². The van der Waals surface area contributed by atoms with Crippen molar-refractivity contribution in [1.82, 2.24) is 19.9 Å². The van der Waals surface area contributed by atoms with Gasteiger partial charge in [-0.25, -0.2) is 0 Å². The fraction of sp³-hybridized carbons (Fsp3) is 0.312. The molecule has 7 nitrogen and oxygen atoms in total. The Kier molecular flexibility index (Phi) is 2.41. The maximum Gasteiger partial charge on any atom is 0.323 e. The number of aromatic amines is 1. The van der Waals surface area contributed by atoms with Gasteiger partial charge in [0.25, 0.3) is 0 Å².